The zero-order valence-electron chi connectivity index (χ0n) is 17.6. The Balaban J connectivity index is 2.23. The summed E-state index contributed by atoms with van der Waals surface area (Å²) >= 11 is 1.43. The van der Waals surface area contributed by atoms with Gasteiger partial charge in [-0.1, -0.05) is 19.9 Å². The standard InChI is InChI=1S/C22H32N2O5S/c1-4-7-17(21(26)24-28)18(12-14(2)3)20(25)23-19(15-10-11-30-13-15)22(27)29-16-8-5-6-9-16/h4,10-11,13-14,16-19,28H,1,5-9,12H2,2-3H3,(H,23,25)(H,24,26)/t17-,18+,19-/m0/s1. The van der Waals surface area contributed by atoms with Crippen molar-refractivity contribution in [3.8, 4) is 0 Å². The molecule has 8 heteroatoms. The summed E-state index contributed by atoms with van der Waals surface area (Å²) in [7, 11) is 0. The molecule has 30 heavy (non-hydrogen) atoms. The van der Waals surface area contributed by atoms with Crippen LogP contribution in [0.3, 0.4) is 0 Å². The van der Waals surface area contributed by atoms with Gasteiger partial charge in [0.15, 0.2) is 6.04 Å². The van der Waals surface area contributed by atoms with Gasteiger partial charge in [0, 0.05) is 0 Å². The normalized spacial score (nSPS) is 17.2. The van der Waals surface area contributed by atoms with E-state index in [4.69, 9.17) is 9.94 Å². The average molecular weight is 437 g/mol. The molecule has 1 heterocycles. The van der Waals surface area contributed by atoms with Gasteiger partial charge in [0.05, 0.1) is 11.8 Å². The molecule has 2 amide bonds. The largest absolute Gasteiger partial charge is 0.461 e. The van der Waals surface area contributed by atoms with Gasteiger partial charge in [-0.3, -0.25) is 14.8 Å². The second kappa shape index (κ2) is 11.9. The first-order valence-corrected chi connectivity index (χ1v) is 11.4. The van der Waals surface area contributed by atoms with E-state index in [0.717, 1.165) is 25.7 Å². The van der Waals surface area contributed by atoms with Crippen LogP contribution in [0, 0.1) is 17.8 Å². The molecule has 1 saturated carbocycles. The fourth-order valence-corrected chi connectivity index (χ4v) is 4.57. The van der Waals surface area contributed by atoms with Gasteiger partial charge in [-0.15, -0.1) is 6.58 Å². The number of allylic oxidation sites excluding steroid dienone is 1. The van der Waals surface area contributed by atoms with Crippen molar-refractivity contribution in [2.45, 2.75) is 64.5 Å². The zero-order valence-corrected chi connectivity index (χ0v) is 18.5. The Labute approximate surface area is 181 Å². The van der Waals surface area contributed by atoms with Crippen LogP contribution in [-0.2, 0) is 19.1 Å². The molecule has 1 aliphatic rings. The van der Waals surface area contributed by atoms with Crippen molar-refractivity contribution in [1.29, 1.82) is 0 Å². The number of ether oxygens (including phenoxy) is 1. The van der Waals surface area contributed by atoms with E-state index < -0.39 is 35.7 Å². The Hall–Kier alpha value is -2.19. The van der Waals surface area contributed by atoms with Gasteiger partial charge in [-0.25, -0.2) is 10.3 Å². The number of carbonyl (C=O) groups excluding carboxylic acids is 3. The third-order valence-corrected chi connectivity index (χ3v) is 6.10. The van der Waals surface area contributed by atoms with Crippen LogP contribution in [0.1, 0.15) is 64.0 Å². The Bertz CT molecular complexity index is 713. The molecule has 0 spiro atoms. The number of thiophene rings is 1. The van der Waals surface area contributed by atoms with Crippen molar-refractivity contribution in [3.05, 3.63) is 35.0 Å². The number of hydroxylamine groups is 1. The number of hydrogen-bond acceptors (Lipinski definition) is 6. The van der Waals surface area contributed by atoms with Crippen LogP contribution >= 0.6 is 11.3 Å². The minimum absolute atomic E-state index is 0.115. The maximum atomic E-state index is 13.3. The Kier molecular flexibility index (Phi) is 9.52. The van der Waals surface area contributed by atoms with E-state index in [1.54, 1.807) is 23.0 Å². The van der Waals surface area contributed by atoms with Gasteiger partial charge in [0.2, 0.25) is 11.8 Å². The van der Waals surface area contributed by atoms with Crippen molar-refractivity contribution >= 4 is 29.1 Å². The topological polar surface area (TPSA) is 105 Å². The second-order valence-electron chi connectivity index (χ2n) is 8.18. The molecule has 7 nitrogen and oxygen atoms in total. The van der Waals surface area contributed by atoms with E-state index >= 15 is 0 Å². The number of esters is 1. The molecule has 3 N–H and O–H groups in total. The van der Waals surface area contributed by atoms with E-state index in [-0.39, 0.29) is 18.4 Å². The summed E-state index contributed by atoms with van der Waals surface area (Å²) in [5, 5.41) is 15.6. The molecule has 1 aromatic rings. The smallest absolute Gasteiger partial charge is 0.333 e. The maximum absolute atomic E-state index is 13.3. The fourth-order valence-electron chi connectivity index (χ4n) is 3.88. The summed E-state index contributed by atoms with van der Waals surface area (Å²) in [6, 6.07) is 0.852. The Morgan fingerprint density at radius 3 is 2.50 bits per heavy atom. The molecule has 2 rings (SSSR count). The van der Waals surface area contributed by atoms with Gasteiger partial charge in [0.1, 0.15) is 6.10 Å². The van der Waals surface area contributed by atoms with E-state index in [2.05, 4.69) is 11.9 Å². The molecule has 166 valence electrons. The van der Waals surface area contributed by atoms with Crippen LogP contribution in [0.25, 0.3) is 0 Å². The number of rotatable bonds is 11. The molecule has 0 radical (unpaired) electrons. The number of carbonyl (C=O) groups is 3. The molecule has 1 aromatic heterocycles. The second-order valence-corrected chi connectivity index (χ2v) is 8.96. The van der Waals surface area contributed by atoms with E-state index in [9.17, 15) is 14.4 Å². The van der Waals surface area contributed by atoms with Crippen molar-refractivity contribution in [1.82, 2.24) is 10.8 Å². The zero-order chi connectivity index (χ0) is 22.1. The summed E-state index contributed by atoms with van der Waals surface area (Å²) in [6.45, 7) is 7.56. The third kappa shape index (κ3) is 6.67. The highest BCUT2D eigenvalue weighted by Crippen LogP contribution is 2.28. The van der Waals surface area contributed by atoms with Crippen molar-refractivity contribution in [3.63, 3.8) is 0 Å². The molecule has 0 saturated heterocycles. The summed E-state index contributed by atoms with van der Waals surface area (Å²) in [4.78, 5) is 38.4. The lowest BCUT2D eigenvalue weighted by Crippen LogP contribution is -2.45. The SMILES string of the molecule is C=CC[C@H](C(=O)NO)[C@@H](CC(C)C)C(=O)N[C@H](C(=O)OC1CCCC1)c1ccsc1. The average Bonchev–Trinajstić information content (AvgIpc) is 3.41. The highest BCUT2D eigenvalue weighted by molar-refractivity contribution is 7.08. The Morgan fingerprint density at radius 1 is 1.27 bits per heavy atom. The van der Waals surface area contributed by atoms with Crippen LogP contribution in [0.4, 0.5) is 0 Å². The monoisotopic (exact) mass is 436 g/mol. The molecule has 0 aromatic carbocycles. The van der Waals surface area contributed by atoms with Crippen molar-refractivity contribution in [2.24, 2.45) is 17.8 Å². The minimum Gasteiger partial charge on any atom is -0.461 e. The molecule has 1 fully saturated rings. The van der Waals surface area contributed by atoms with E-state index in [1.165, 1.54) is 11.3 Å². The lowest BCUT2D eigenvalue weighted by atomic mass is 9.82. The lowest BCUT2D eigenvalue weighted by Gasteiger charge is -2.27. The minimum atomic E-state index is -0.930. The van der Waals surface area contributed by atoms with Crippen LogP contribution in [0.15, 0.2) is 29.5 Å². The summed E-state index contributed by atoms with van der Waals surface area (Å²) in [5.74, 6) is -2.93. The van der Waals surface area contributed by atoms with Crippen LogP contribution in [0.2, 0.25) is 0 Å². The first-order chi connectivity index (χ1) is 14.4. The lowest BCUT2D eigenvalue weighted by molar-refractivity contribution is -0.153. The molecular weight excluding hydrogens is 404 g/mol. The molecule has 1 aliphatic carbocycles. The number of amides is 2. The highest BCUT2D eigenvalue weighted by Gasteiger charge is 2.36. The van der Waals surface area contributed by atoms with Gasteiger partial charge < -0.3 is 10.1 Å². The molecule has 0 bridgehead atoms. The highest BCUT2D eigenvalue weighted by atomic mass is 32.1. The molecular formula is C22H32N2O5S. The molecule has 3 atom stereocenters. The first kappa shape index (κ1) is 24.1. The predicted molar refractivity (Wildman–Crippen MR) is 115 cm³/mol. The fraction of sp³-hybridized carbons (Fsp3) is 0.591. The number of nitrogens with one attached hydrogen (secondary N) is 2. The van der Waals surface area contributed by atoms with Crippen LogP contribution in [-0.4, -0.2) is 29.1 Å². The first-order valence-electron chi connectivity index (χ1n) is 10.4. The molecule has 0 unspecified atom stereocenters. The van der Waals surface area contributed by atoms with Gasteiger partial charge in [-0.2, -0.15) is 11.3 Å². The van der Waals surface area contributed by atoms with Crippen LogP contribution in [0.5, 0.6) is 0 Å². The van der Waals surface area contributed by atoms with Crippen molar-refractivity contribution in [2.75, 3.05) is 0 Å². The van der Waals surface area contributed by atoms with Crippen LogP contribution < -0.4 is 10.8 Å². The maximum Gasteiger partial charge on any atom is 0.333 e. The number of hydrogen-bond donors (Lipinski definition) is 3. The third-order valence-electron chi connectivity index (χ3n) is 5.40. The summed E-state index contributed by atoms with van der Waals surface area (Å²) in [6.07, 6.45) is 5.82. The van der Waals surface area contributed by atoms with Gasteiger partial charge in [0.25, 0.3) is 0 Å². The van der Waals surface area contributed by atoms with Crippen molar-refractivity contribution < 1.29 is 24.3 Å². The summed E-state index contributed by atoms with van der Waals surface area (Å²) in [5.41, 5.74) is 2.31. The predicted octanol–water partition coefficient (Wildman–Crippen LogP) is 3.75. The van der Waals surface area contributed by atoms with Gasteiger partial charge in [-0.05, 0) is 66.8 Å². The van der Waals surface area contributed by atoms with E-state index in [1.807, 2.05) is 19.2 Å². The van der Waals surface area contributed by atoms with E-state index in [0.29, 0.717) is 12.0 Å². The summed E-state index contributed by atoms with van der Waals surface area (Å²) < 4.78 is 5.65. The quantitative estimate of drug-likeness (QED) is 0.212. The van der Waals surface area contributed by atoms with Gasteiger partial charge >= 0.3 is 5.97 Å². The molecule has 0 aliphatic heterocycles. The Morgan fingerprint density at radius 2 is 1.97 bits per heavy atom.